The molecule has 0 aromatic carbocycles. The van der Waals surface area contributed by atoms with Crippen LogP contribution in [0.5, 0.6) is 0 Å². The molecule has 1 aliphatic heterocycles. The van der Waals surface area contributed by atoms with Gasteiger partial charge in [0, 0.05) is 6.54 Å². The predicted octanol–water partition coefficient (Wildman–Crippen LogP) is 3.22. The molecule has 0 aliphatic carbocycles. The highest BCUT2D eigenvalue weighted by Crippen LogP contribution is 2.31. The zero-order valence-electron chi connectivity index (χ0n) is 13.4. The summed E-state index contributed by atoms with van der Waals surface area (Å²) in [6.07, 6.45) is 9.33. The molecule has 0 bridgehead atoms. The molecule has 0 aromatic rings. The highest BCUT2D eigenvalue weighted by atomic mass is 16.6. The molecular weight excluding hydrogens is 266 g/mol. The minimum atomic E-state index is -0.354. The van der Waals surface area contributed by atoms with Crippen LogP contribution in [0.4, 0.5) is 0 Å². The number of esters is 1. The molecule has 21 heavy (non-hydrogen) atoms. The average molecular weight is 295 g/mol. The largest absolute Gasteiger partial charge is 0.461 e. The molecular formula is C17H29NO3. The summed E-state index contributed by atoms with van der Waals surface area (Å²) in [5.74, 6) is -1.04. The minimum Gasteiger partial charge on any atom is -0.461 e. The highest BCUT2D eigenvalue weighted by molar-refractivity contribution is 5.88. The summed E-state index contributed by atoms with van der Waals surface area (Å²) >= 11 is 0. The van der Waals surface area contributed by atoms with Crippen molar-refractivity contribution in [2.24, 2.45) is 11.8 Å². The van der Waals surface area contributed by atoms with E-state index in [1.807, 2.05) is 0 Å². The van der Waals surface area contributed by atoms with E-state index in [4.69, 9.17) is 4.74 Å². The number of unbranched alkanes of at least 4 members (excludes halogenated alkanes) is 5. The summed E-state index contributed by atoms with van der Waals surface area (Å²) in [7, 11) is 0. The van der Waals surface area contributed by atoms with Gasteiger partial charge in [0.1, 0.15) is 6.10 Å². The van der Waals surface area contributed by atoms with Gasteiger partial charge in [-0.3, -0.25) is 9.59 Å². The first kappa shape index (κ1) is 17.7. The maximum absolute atomic E-state index is 12.2. The number of hydrogen-bond acceptors (Lipinski definition) is 3. The Hall–Kier alpha value is -1.32. The quantitative estimate of drug-likeness (QED) is 0.382. The first-order valence-corrected chi connectivity index (χ1v) is 8.20. The molecule has 1 fully saturated rings. The van der Waals surface area contributed by atoms with Crippen molar-refractivity contribution in [2.45, 2.75) is 64.9 Å². The number of carbonyl (C=O) groups is 2. The zero-order chi connectivity index (χ0) is 15.7. The molecule has 0 radical (unpaired) electrons. The lowest BCUT2D eigenvalue weighted by Gasteiger charge is -2.18. The second-order valence-electron chi connectivity index (χ2n) is 5.88. The van der Waals surface area contributed by atoms with Crippen molar-refractivity contribution in [3.8, 4) is 0 Å². The van der Waals surface area contributed by atoms with Gasteiger partial charge in [-0.05, 0) is 12.8 Å². The van der Waals surface area contributed by atoms with E-state index in [2.05, 4.69) is 18.8 Å². The number of rotatable bonds is 10. The summed E-state index contributed by atoms with van der Waals surface area (Å²) in [6.45, 7) is 7.99. The van der Waals surface area contributed by atoms with Crippen molar-refractivity contribution in [2.75, 3.05) is 6.54 Å². The normalized spacial score (nSPS) is 24.7. The lowest BCUT2D eigenvalue weighted by atomic mass is 9.88. The van der Waals surface area contributed by atoms with Crippen LogP contribution in [-0.4, -0.2) is 24.5 Å². The molecule has 1 unspecified atom stereocenters. The lowest BCUT2D eigenvalue weighted by Crippen LogP contribution is -2.38. The molecule has 1 N–H and O–H groups in total. The van der Waals surface area contributed by atoms with Crippen molar-refractivity contribution in [3.63, 3.8) is 0 Å². The molecule has 0 spiro atoms. The molecule has 120 valence electrons. The number of hydrogen-bond donors (Lipinski definition) is 1. The van der Waals surface area contributed by atoms with E-state index in [0.717, 1.165) is 19.3 Å². The van der Waals surface area contributed by atoms with Gasteiger partial charge in [-0.25, -0.2) is 0 Å². The summed E-state index contributed by atoms with van der Waals surface area (Å²) in [5, 5.41) is 2.78. The second kappa shape index (κ2) is 9.59. The van der Waals surface area contributed by atoms with Gasteiger partial charge in [0.2, 0.25) is 5.91 Å². The van der Waals surface area contributed by atoms with Gasteiger partial charge in [-0.15, -0.1) is 6.58 Å². The second-order valence-corrected chi connectivity index (χ2v) is 5.88. The highest BCUT2D eigenvalue weighted by Gasteiger charge is 2.45. The molecule has 1 aliphatic rings. The van der Waals surface area contributed by atoms with Gasteiger partial charge >= 0.3 is 5.97 Å². The van der Waals surface area contributed by atoms with Crippen molar-refractivity contribution >= 4 is 11.9 Å². The topological polar surface area (TPSA) is 55.4 Å². The van der Waals surface area contributed by atoms with Crippen molar-refractivity contribution < 1.29 is 14.3 Å². The van der Waals surface area contributed by atoms with E-state index in [1.54, 1.807) is 13.0 Å². The van der Waals surface area contributed by atoms with Gasteiger partial charge in [0.15, 0.2) is 0 Å². The number of ether oxygens (including phenoxy) is 1. The molecule has 4 heteroatoms. The fourth-order valence-electron chi connectivity index (χ4n) is 2.85. The van der Waals surface area contributed by atoms with Crippen molar-refractivity contribution in [1.82, 2.24) is 5.32 Å². The van der Waals surface area contributed by atoms with Gasteiger partial charge in [-0.1, -0.05) is 52.0 Å². The van der Waals surface area contributed by atoms with Crippen LogP contribution in [0.15, 0.2) is 12.7 Å². The molecule has 1 rings (SSSR count). The Morgan fingerprint density at radius 2 is 1.95 bits per heavy atom. The van der Waals surface area contributed by atoms with Gasteiger partial charge in [-0.2, -0.15) is 0 Å². The number of carbonyl (C=O) groups excluding carboxylic acids is 2. The number of cyclic esters (lactones) is 1. The Bertz CT molecular complexity index is 354. The Morgan fingerprint density at radius 3 is 2.62 bits per heavy atom. The summed E-state index contributed by atoms with van der Waals surface area (Å²) in [5.41, 5.74) is 0. The van der Waals surface area contributed by atoms with Gasteiger partial charge in [0.25, 0.3) is 0 Å². The van der Waals surface area contributed by atoms with Crippen LogP contribution in [0.1, 0.15) is 58.8 Å². The van der Waals surface area contributed by atoms with Crippen molar-refractivity contribution in [1.29, 1.82) is 0 Å². The van der Waals surface area contributed by atoms with Crippen LogP contribution >= 0.6 is 0 Å². The summed E-state index contributed by atoms with van der Waals surface area (Å²) < 4.78 is 5.39. The molecule has 0 aromatic heterocycles. The van der Waals surface area contributed by atoms with E-state index in [9.17, 15) is 9.59 Å². The van der Waals surface area contributed by atoms with E-state index in [1.165, 1.54) is 25.7 Å². The van der Waals surface area contributed by atoms with Gasteiger partial charge in [0.05, 0.1) is 11.8 Å². The molecule has 3 atom stereocenters. The van der Waals surface area contributed by atoms with Crippen LogP contribution in [0.3, 0.4) is 0 Å². The van der Waals surface area contributed by atoms with Gasteiger partial charge < -0.3 is 10.1 Å². The van der Waals surface area contributed by atoms with Crippen LogP contribution in [0, 0.1) is 11.8 Å². The SMILES string of the molecule is C=CCNC(=O)C1[C@H](C)C(=O)O[C@@H]1CCCCCCCC. The Labute approximate surface area is 128 Å². The third kappa shape index (κ3) is 5.52. The smallest absolute Gasteiger partial charge is 0.309 e. The molecule has 1 heterocycles. The van der Waals surface area contributed by atoms with Crippen LogP contribution in [-0.2, 0) is 14.3 Å². The Balaban J connectivity index is 2.40. The van der Waals surface area contributed by atoms with Crippen molar-refractivity contribution in [3.05, 3.63) is 12.7 Å². The van der Waals surface area contributed by atoms with E-state index >= 15 is 0 Å². The maximum Gasteiger partial charge on any atom is 0.309 e. The first-order chi connectivity index (χ1) is 10.1. The van der Waals surface area contributed by atoms with Crippen LogP contribution < -0.4 is 5.32 Å². The predicted molar refractivity (Wildman–Crippen MR) is 83.7 cm³/mol. The van der Waals surface area contributed by atoms with Crippen LogP contribution in [0.25, 0.3) is 0 Å². The lowest BCUT2D eigenvalue weighted by molar-refractivity contribution is -0.144. The Kier molecular flexibility index (Phi) is 8.09. The minimum absolute atomic E-state index is 0.0933. The summed E-state index contributed by atoms with van der Waals surface area (Å²) in [6, 6.07) is 0. The monoisotopic (exact) mass is 295 g/mol. The molecule has 4 nitrogen and oxygen atoms in total. The maximum atomic E-state index is 12.2. The standard InChI is InChI=1S/C17H29NO3/c1-4-6-7-8-9-10-11-14-15(13(3)17(20)21-14)16(19)18-12-5-2/h5,13-15H,2,4,6-12H2,1,3H3,(H,18,19)/t13-,14+,15?/m0/s1. The number of nitrogens with one attached hydrogen (secondary N) is 1. The van der Waals surface area contributed by atoms with E-state index < -0.39 is 0 Å². The third-order valence-electron chi connectivity index (χ3n) is 4.14. The fraction of sp³-hybridized carbons (Fsp3) is 0.765. The van der Waals surface area contributed by atoms with Crippen LogP contribution in [0.2, 0.25) is 0 Å². The van der Waals surface area contributed by atoms with E-state index in [-0.39, 0.29) is 29.8 Å². The molecule has 0 saturated carbocycles. The Morgan fingerprint density at radius 1 is 1.29 bits per heavy atom. The summed E-state index contributed by atoms with van der Waals surface area (Å²) in [4.78, 5) is 23.9. The fourth-order valence-corrected chi connectivity index (χ4v) is 2.85. The average Bonchev–Trinajstić information content (AvgIpc) is 2.75. The number of amides is 1. The molecule has 1 amide bonds. The zero-order valence-corrected chi connectivity index (χ0v) is 13.4. The third-order valence-corrected chi connectivity index (χ3v) is 4.14. The van der Waals surface area contributed by atoms with E-state index in [0.29, 0.717) is 6.54 Å². The molecule has 1 saturated heterocycles. The first-order valence-electron chi connectivity index (χ1n) is 8.20.